The number of halogens is 4. The third-order valence-corrected chi connectivity index (χ3v) is 5.26. The number of nitrogens with one attached hydrogen (secondary N) is 1. The lowest BCUT2D eigenvalue weighted by atomic mass is 10.1. The van der Waals surface area contributed by atoms with E-state index in [0.29, 0.717) is 18.8 Å². The molecule has 130 valence electrons. The van der Waals surface area contributed by atoms with E-state index in [2.05, 4.69) is 10.4 Å². The second kappa shape index (κ2) is 6.07. The number of benzene rings is 1. The minimum Gasteiger partial charge on any atom is -0.369 e. The van der Waals surface area contributed by atoms with Crippen molar-refractivity contribution in [3.05, 3.63) is 62.4 Å². The van der Waals surface area contributed by atoms with Crippen molar-refractivity contribution in [2.24, 2.45) is 0 Å². The van der Waals surface area contributed by atoms with E-state index in [-0.39, 0.29) is 10.7 Å². The van der Waals surface area contributed by atoms with Crippen LogP contribution in [0, 0.1) is 0 Å². The number of rotatable bonds is 3. The van der Waals surface area contributed by atoms with Crippen LogP contribution in [0.25, 0.3) is 5.69 Å². The Morgan fingerprint density at radius 2 is 2.12 bits per heavy atom. The Balaban J connectivity index is 1.85. The molecule has 0 saturated heterocycles. The van der Waals surface area contributed by atoms with Crippen LogP contribution in [0.3, 0.4) is 0 Å². The molecular formula is C17H13ClF3N3S. The summed E-state index contributed by atoms with van der Waals surface area (Å²) >= 11 is 7.39. The lowest BCUT2D eigenvalue weighted by Crippen LogP contribution is -2.13. The normalized spacial score (nSPS) is 13.8. The predicted octanol–water partition coefficient (Wildman–Crippen LogP) is 5.16. The monoisotopic (exact) mass is 383 g/mol. The van der Waals surface area contributed by atoms with Crippen molar-refractivity contribution < 1.29 is 13.2 Å². The Hall–Kier alpha value is -1.99. The minimum absolute atomic E-state index is 0.0139. The molecule has 0 fully saturated rings. The average molecular weight is 384 g/mol. The minimum atomic E-state index is -4.51. The summed E-state index contributed by atoms with van der Waals surface area (Å²) in [5.74, 6) is 0.638. The van der Waals surface area contributed by atoms with Crippen molar-refractivity contribution in [2.75, 3.05) is 11.9 Å². The van der Waals surface area contributed by atoms with E-state index in [9.17, 15) is 13.2 Å². The molecule has 1 N–H and O–H groups in total. The van der Waals surface area contributed by atoms with Crippen LogP contribution in [0.2, 0.25) is 5.02 Å². The lowest BCUT2D eigenvalue weighted by molar-refractivity contribution is -0.137. The number of alkyl halides is 3. The highest BCUT2D eigenvalue weighted by Crippen LogP contribution is 2.38. The molecule has 2 aromatic heterocycles. The van der Waals surface area contributed by atoms with Gasteiger partial charge in [0.25, 0.3) is 0 Å². The van der Waals surface area contributed by atoms with E-state index in [1.807, 2.05) is 17.5 Å². The lowest BCUT2D eigenvalue weighted by Gasteiger charge is -2.15. The van der Waals surface area contributed by atoms with Gasteiger partial charge in [0.2, 0.25) is 0 Å². The molecule has 0 saturated carbocycles. The van der Waals surface area contributed by atoms with Gasteiger partial charge in [-0.3, -0.25) is 0 Å². The quantitative estimate of drug-likeness (QED) is 0.676. The SMILES string of the molecule is FC(F)(F)c1cc(Cl)ccc1-n1nc(Cc2cccs2)c2c1NCC2. The first-order valence-electron chi connectivity index (χ1n) is 7.67. The van der Waals surface area contributed by atoms with Crippen LogP contribution < -0.4 is 5.32 Å². The summed E-state index contributed by atoms with van der Waals surface area (Å²) in [5.41, 5.74) is 0.989. The molecule has 0 amide bonds. The highest BCUT2D eigenvalue weighted by Gasteiger charge is 2.36. The van der Waals surface area contributed by atoms with Crippen molar-refractivity contribution in [3.63, 3.8) is 0 Å². The number of thiophene rings is 1. The summed E-state index contributed by atoms with van der Waals surface area (Å²) in [4.78, 5) is 1.13. The van der Waals surface area contributed by atoms with Gasteiger partial charge in [0, 0.05) is 28.4 Å². The summed E-state index contributed by atoms with van der Waals surface area (Å²) in [6, 6.07) is 7.72. The molecule has 0 radical (unpaired) electrons. The fourth-order valence-electron chi connectivity index (χ4n) is 3.06. The van der Waals surface area contributed by atoms with Gasteiger partial charge in [-0.2, -0.15) is 18.3 Å². The summed E-state index contributed by atoms with van der Waals surface area (Å²) in [7, 11) is 0. The van der Waals surface area contributed by atoms with E-state index >= 15 is 0 Å². The molecular weight excluding hydrogens is 371 g/mol. The smallest absolute Gasteiger partial charge is 0.369 e. The Labute approximate surface area is 151 Å². The molecule has 0 unspecified atom stereocenters. The van der Waals surface area contributed by atoms with Gasteiger partial charge < -0.3 is 5.32 Å². The van der Waals surface area contributed by atoms with E-state index in [0.717, 1.165) is 28.6 Å². The van der Waals surface area contributed by atoms with Crippen molar-refractivity contribution in [3.8, 4) is 5.69 Å². The molecule has 4 rings (SSSR count). The number of anilines is 1. The fraction of sp³-hybridized carbons (Fsp3) is 0.235. The van der Waals surface area contributed by atoms with Crippen molar-refractivity contribution in [1.82, 2.24) is 9.78 Å². The summed E-state index contributed by atoms with van der Waals surface area (Å²) < 4.78 is 41.7. The van der Waals surface area contributed by atoms with Gasteiger partial charge in [0.15, 0.2) is 0 Å². The van der Waals surface area contributed by atoms with E-state index in [1.165, 1.54) is 16.8 Å². The van der Waals surface area contributed by atoms with Gasteiger partial charge in [-0.25, -0.2) is 4.68 Å². The molecule has 0 bridgehead atoms. The van der Waals surface area contributed by atoms with Gasteiger partial charge in [0.05, 0.1) is 16.9 Å². The maximum absolute atomic E-state index is 13.5. The third-order valence-electron chi connectivity index (χ3n) is 4.15. The average Bonchev–Trinajstić information content (AvgIpc) is 3.26. The third kappa shape index (κ3) is 3.02. The first kappa shape index (κ1) is 16.5. The van der Waals surface area contributed by atoms with Crippen LogP contribution in [0.15, 0.2) is 35.7 Å². The number of hydrogen-bond acceptors (Lipinski definition) is 3. The molecule has 1 aliphatic rings. The van der Waals surface area contributed by atoms with Gasteiger partial charge in [0.1, 0.15) is 5.82 Å². The summed E-state index contributed by atoms with van der Waals surface area (Å²) in [6.45, 7) is 0.694. The standard InChI is InChI=1S/C17H13ClF3N3S/c18-10-3-4-15(13(8-10)17(19,20)21)24-16-12(5-6-22-16)14(23-24)9-11-2-1-7-25-11/h1-4,7-8,22H,5-6,9H2. The van der Waals surface area contributed by atoms with Gasteiger partial charge in [-0.1, -0.05) is 17.7 Å². The van der Waals surface area contributed by atoms with Gasteiger partial charge in [-0.15, -0.1) is 11.3 Å². The molecule has 3 aromatic rings. The molecule has 8 heteroatoms. The van der Waals surface area contributed by atoms with E-state index in [4.69, 9.17) is 11.6 Å². The highest BCUT2D eigenvalue weighted by atomic mass is 35.5. The molecule has 0 atom stereocenters. The van der Waals surface area contributed by atoms with Crippen LogP contribution in [-0.2, 0) is 19.0 Å². The molecule has 1 aliphatic heterocycles. The van der Waals surface area contributed by atoms with Crippen LogP contribution in [-0.4, -0.2) is 16.3 Å². The molecule has 25 heavy (non-hydrogen) atoms. The predicted molar refractivity (Wildman–Crippen MR) is 92.9 cm³/mol. The number of nitrogens with zero attached hydrogens (tertiary/aromatic N) is 2. The largest absolute Gasteiger partial charge is 0.418 e. The maximum Gasteiger partial charge on any atom is 0.418 e. The number of aromatic nitrogens is 2. The fourth-order valence-corrected chi connectivity index (χ4v) is 3.94. The van der Waals surface area contributed by atoms with Crippen molar-refractivity contribution in [2.45, 2.75) is 19.0 Å². The molecule has 1 aromatic carbocycles. The maximum atomic E-state index is 13.5. The van der Waals surface area contributed by atoms with Crippen molar-refractivity contribution in [1.29, 1.82) is 0 Å². The van der Waals surface area contributed by atoms with Crippen LogP contribution >= 0.6 is 22.9 Å². The zero-order valence-electron chi connectivity index (χ0n) is 12.9. The zero-order valence-corrected chi connectivity index (χ0v) is 14.5. The number of hydrogen-bond donors (Lipinski definition) is 1. The first-order chi connectivity index (χ1) is 11.9. The van der Waals surface area contributed by atoms with Gasteiger partial charge in [-0.05, 0) is 36.1 Å². The van der Waals surface area contributed by atoms with Crippen LogP contribution in [0.5, 0.6) is 0 Å². The molecule has 0 spiro atoms. The first-order valence-corrected chi connectivity index (χ1v) is 8.93. The van der Waals surface area contributed by atoms with E-state index in [1.54, 1.807) is 11.3 Å². The summed E-state index contributed by atoms with van der Waals surface area (Å²) in [6.07, 6.45) is -3.14. The second-order valence-corrected chi connectivity index (χ2v) is 7.25. The highest BCUT2D eigenvalue weighted by molar-refractivity contribution is 7.09. The topological polar surface area (TPSA) is 29.9 Å². The molecule has 3 heterocycles. The molecule has 3 nitrogen and oxygen atoms in total. The Morgan fingerprint density at radius 3 is 2.84 bits per heavy atom. The zero-order chi connectivity index (χ0) is 17.6. The molecule has 0 aliphatic carbocycles. The van der Waals surface area contributed by atoms with Gasteiger partial charge >= 0.3 is 6.18 Å². The van der Waals surface area contributed by atoms with Crippen LogP contribution in [0.1, 0.15) is 21.7 Å². The Kier molecular flexibility index (Phi) is 4.00. The Morgan fingerprint density at radius 1 is 1.28 bits per heavy atom. The van der Waals surface area contributed by atoms with E-state index < -0.39 is 11.7 Å². The second-order valence-electron chi connectivity index (χ2n) is 5.78. The summed E-state index contributed by atoms with van der Waals surface area (Å²) in [5, 5.41) is 9.69. The number of fused-ring (bicyclic) bond motifs is 1. The van der Waals surface area contributed by atoms with Crippen molar-refractivity contribution >= 4 is 28.8 Å². The van der Waals surface area contributed by atoms with Crippen LogP contribution in [0.4, 0.5) is 19.0 Å². The Bertz CT molecular complexity index is 916.